The van der Waals surface area contributed by atoms with E-state index in [2.05, 4.69) is 46.4 Å². The van der Waals surface area contributed by atoms with Gasteiger partial charge in [0.05, 0.1) is 0 Å². The summed E-state index contributed by atoms with van der Waals surface area (Å²) in [7, 11) is 0. The Morgan fingerprint density at radius 2 is 2.00 bits per heavy atom. The quantitative estimate of drug-likeness (QED) is 0.699. The number of nitrogens with zero attached hydrogens (tertiary/aromatic N) is 3. The number of aromatic nitrogens is 2. The highest BCUT2D eigenvalue weighted by molar-refractivity contribution is 6.31. The fourth-order valence-electron chi connectivity index (χ4n) is 3.26. The molecule has 0 radical (unpaired) electrons. The number of nitrogens with one attached hydrogen (secondary N) is 1. The summed E-state index contributed by atoms with van der Waals surface area (Å²) in [5.74, 6) is 1.46. The van der Waals surface area contributed by atoms with Gasteiger partial charge in [0.2, 0.25) is 5.95 Å². The van der Waals surface area contributed by atoms with Crippen LogP contribution in [0, 0.1) is 6.92 Å². The number of rotatable bonds is 3. The Kier molecular flexibility index (Phi) is 4.06. The molecule has 0 bridgehead atoms. The minimum atomic E-state index is 0.369. The average Bonchev–Trinajstić information content (AvgIpc) is 2.94. The van der Waals surface area contributed by atoms with E-state index in [0.29, 0.717) is 12.0 Å². The molecule has 126 valence electrons. The molecule has 1 aliphatic rings. The van der Waals surface area contributed by atoms with Gasteiger partial charge in [0.1, 0.15) is 5.82 Å². The van der Waals surface area contributed by atoms with Gasteiger partial charge in [0.15, 0.2) is 0 Å². The Bertz CT molecular complexity index is 925. The van der Waals surface area contributed by atoms with Crippen molar-refractivity contribution in [1.82, 2.24) is 9.97 Å². The Morgan fingerprint density at radius 1 is 1.16 bits per heavy atom. The Balaban J connectivity index is 1.65. The number of hydrogen-bond acceptors (Lipinski definition) is 4. The molecule has 0 saturated carbocycles. The maximum atomic E-state index is 6.20. The fraction of sp³-hybridized carbons (Fsp3) is 0.200. The molecule has 2 aromatic carbocycles. The molecule has 0 fully saturated rings. The first-order chi connectivity index (χ1) is 12.1. The minimum Gasteiger partial charge on any atom is -0.324 e. The average molecular weight is 351 g/mol. The van der Waals surface area contributed by atoms with E-state index in [1.54, 1.807) is 6.20 Å². The zero-order chi connectivity index (χ0) is 17.4. The number of halogens is 1. The van der Waals surface area contributed by atoms with Crippen molar-refractivity contribution in [2.75, 3.05) is 10.2 Å². The Morgan fingerprint density at radius 3 is 2.84 bits per heavy atom. The summed E-state index contributed by atoms with van der Waals surface area (Å²) >= 11 is 6.20. The van der Waals surface area contributed by atoms with E-state index in [1.807, 2.05) is 31.2 Å². The van der Waals surface area contributed by atoms with Gasteiger partial charge < -0.3 is 10.2 Å². The molecule has 0 spiro atoms. The SMILES string of the molecule is Cc1ccc(Nc2nccc(N3c4ccccc4CC3C)n2)cc1Cl. The van der Waals surface area contributed by atoms with Gasteiger partial charge in [-0.2, -0.15) is 4.98 Å². The van der Waals surface area contributed by atoms with E-state index in [1.165, 1.54) is 11.3 Å². The number of anilines is 4. The summed E-state index contributed by atoms with van der Waals surface area (Å²) in [6, 6.07) is 16.6. The van der Waals surface area contributed by atoms with Crippen molar-refractivity contribution in [3.63, 3.8) is 0 Å². The third kappa shape index (κ3) is 3.05. The van der Waals surface area contributed by atoms with Crippen molar-refractivity contribution >= 4 is 34.7 Å². The van der Waals surface area contributed by atoms with Crippen molar-refractivity contribution in [2.24, 2.45) is 0 Å². The van der Waals surface area contributed by atoms with Gasteiger partial charge in [-0.1, -0.05) is 35.9 Å². The molecule has 0 saturated heterocycles. The van der Waals surface area contributed by atoms with Crippen molar-refractivity contribution in [1.29, 1.82) is 0 Å². The van der Waals surface area contributed by atoms with E-state index < -0.39 is 0 Å². The lowest BCUT2D eigenvalue weighted by atomic mass is 10.1. The van der Waals surface area contributed by atoms with Crippen molar-refractivity contribution in [3.8, 4) is 0 Å². The van der Waals surface area contributed by atoms with Crippen molar-refractivity contribution in [3.05, 3.63) is 70.9 Å². The number of benzene rings is 2. The summed E-state index contributed by atoms with van der Waals surface area (Å²) in [5.41, 5.74) is 4.50. The van der Waals surface area contributed by atoms with E-state index in [4.69, 9.17) is 16.6 Å². The van der Waals surface area contributed by atoms with Crippen molar-refractivity contribution in [2.45, 2.75) is 26.3 Å². The molecule has 0 aliphatic carbocycles. The van der Waals surface area contributed by atoms with E-state index >= 15 is 0 Å². The molecular weight excluding hydrogens is 332 g/mol. The Labute approximate surface area is 152 Å². The monoisotopic (exact) mass is 350 g/mol. The zero-order valence-corrected chi connectivity index (χ0v) is 15.0. The second-order valence-electron chi connectivity index (χ2n) is 6.38. The summed E-state index contributed by atoms with van der Waals surface area (Å²) in [4.78, 5) is 11.3. The highest BCUT2D eigenvalue weighted by Crippen LogP contribution is 2.37. The summed E-state index contributed by atoms with van der Waals surface area (Å²) in [6.07, 6.45) is 2.81. The predicted octanol–water partition coefficient (Wildman–Crippen LogP) is 5.26. The lowest BCUT2D eigenvalue weighted by molar-refractivity contribution is 0.749. The van der Waals surface area contributed by atoms with E-state index in [9.17, 15) is 0 Å². The van der Waals surface area contributed by atoms with Gasteiger partial charge in [0, 0.05) is 28.6 Å². The summed E-state index contributed by atoms with van der Waals surface area (Å²) in [5, 5.41) is 3.97. The van der Waals surface area contributed by atoms with Crippen LogP contribution >= 0.6 is 11.6 Å². The van der Waals surface area contributed by atoms with Gasteiger partial charge in [-0.3, -0.25) is 0 Å². The topological polar surface area (TPSA) is 41.1 Å². The highest BCUT2D eigenvalue weighted by atomic mass is 35.5. The first-order valence-corrected chi connectivity index (χ1v) is 8.73. The molecule has 1 aliphatic heterocycles. The number of fused-ring (bicyclic) bond motifs is 1. The van der Waals surface area contributed by atoms with Crippen LogP contribution in [0.5, 0.6) is 0 Å². The van der Waals surface area contributed by atoms with Gasteiger partial charge in [-0.15, -0.1) is 0 Å². The molecule has 2 heterocycles. The van der Waals surface area contributed by atoms with Crippen LogP contribution in [0.25, 0.3) is 0 Å². The molecule has 1 unspecified atom stereocenters. The molecule has 5 heteroatoms. The number of para-hydroxylation sites is 1. The summed E-state index contributed by atoms with van der Waals surface area (Å²) in [6.45, 7) is 4.20. The molecule has 4 nitrogen and oxygen atoms in total. The lowest BCUT2D eigenvalue weighted by Crippen LogP contribution is -2.25. The van der Waals surface area contributed by atoms with Crippen molar-refractivity contribution < 1.29 is 0 Å². The van der Waals surface area contributed by atoms with Crippen LogP contribution < -0.4 is 10.2 Å². The maximum absolute atomic E-state index is 6.20. The molecule has 1 atom stereocenters. The van der Waals surface area contributed by atoms with E-state index in [0.717, 1.165) is 28.5 Å². The minimum absolute atomic E-state index is 0.369. The van der Waals surface area contributed by atoms with Crippen LogP contribution in [-0.4, -0.2) is 16.0 Å². The zero-order valence-electron chi connectivity index (χ0n) is 14.2. The third-order valence-electron chi connectivity index (χ3n) is 4.52. The molecule has 1 N–H and O–H groups in total. The molecular formula is C20H19ClN4. The van der Waals surface area contributed by atoms with Crippen LogP contribution in [0.1, 0.15) is 18.1 Å². The second-order valence-corrected chi connectivity index (χ2v) is 6.79. The standard InChI is InChI=1S/C20H19ClN4/c1-13-7-8-16(12-17(13)21)23-20-22-10-9-19(24-20)25-14(2)11-15-5-3-4-6-18(15)25/h3-10,12,14H,11H2,1-2H3,(H,22,23,24). The van der Waals surface area contributed by atoms with E-state index in [-0.39, 0.29) is 0 Å². The maximum Gasteiger partial charge on any atom is 0.229 e. The Hall–Kier alpha value is -2.59. The van der Waals surface area contributed by atoms with Gasteiger partial charge >= 0.3 is 0 Å². The first kappa shape index (κ1) is 15.9. The largest absolute Gasteiger partial charge is 0.324 e. The lowest BCUT2D eigenvalue weighted by Gasteiger charge is -2.24. The smallest absolute Gasteiger partial charge is 0.229 e. The molecule has 3 aromatic rings. The summed E-state index contributed by atoms with van der Waals surface area (Å²) < 4.78 is 0. The predicted molar refractivity (Wildman–Crippen MR) is 103 cm³/mol. The van der Waals surface area contributed by atoms with Gasteiger partial charge in [-0.05, 0) is 55.7 Å². The first-order valence-electron chi connectivity index (χ1n) is 8.35. The van der Waals surface area contributed by atoms with Crippen LogP contribution in [0.3, 0.4) is 0 Å². The fourth-order valence-corrected chi connectivity index (χ4v) is 3.44. The molecule has 1 aromatic heterocycles. The van der Waals surface area contributed by atoms with Gasteiger partial charge in [0.25, 0.3) is 0 Å². The van der Waals surface area contributed by atoms with Crippen LogP contribution in [0.2, 0.25) is 5.02 Å². The van der Waals surface area contributed by atoms with Gasteiger partial charge in [-0.25, -0.2) is 4.98 Å². The normalized spacial score (nSPS) is 16.0. The number of aryl methyl sites for hydroxylation is 1. The van der Waals surface area contributed by atoms with Crippen LogP contribution in [0.4, 0.5) is 23.1 Å². The number of hydrogen-bond donors (Lipinski definition) is 1. The molecule has 0 amide bonds. The second kappa shape index (κ2) is 6.37. The molecule has 25 heavy (non-hydrogen) atoms. The third-order valence-corrected chi connectivity index (χ3v) is 4.93. The van der Waals surface area contributed by atoms with Crippen LogP contribution in [0.15, 0.2) is 54.7 Å². The van der Waals surface area contributed by atoms with Crippen LogP contribution in [-0.2, 0) is 6.42 Å². The highest BCUT2D eigenvalue weighted by Gasteiger charge is 2.27. The molecule has 4 rings (SSSR count).